The topological polar surface area (TPSA) is 9.23 Å². The molecule has 1 aliphatic rings. The number of benzene rings is 1. The molecule has 1 atom stereocenters. The first-order valence-electron chi connectivity index (χ1n) is 4.78. The van der Waals surface area contributed by atoms with Crippen LogP contribution in [0.1, 0.15) is 19.3 Å². The van der Waals surface area contributed by atoms with Gasteiger partial charge in [-0.2, -0.15) is 0 Å². The lowest BCUT2D eigenvalue weighted by atomic mass is 10.2. The molecular weight excluding hydrogens is 180 g/mol. The Hall–Kier alpha value is -0.470. The van der Waals surface area contributed by atoms with Crippen LogP contribution in [0.15, 0.2) is 35.2 Å². The van der Waals surface area contributed by atoms with Crippen LogP contribution >= 0.6 is 11.8 Å². The summed E-state index contributed by atoms with van der Waals surface area (Å²) >= 11 is 1.84. The molecule has 13 heavy (non-hydrogen) atoms. The fourth-order valence-electron chi connectivity index (χ4n) is 1.45. The SMILES string of the molecule is c1ccc(SC2CCCCO2)cc1. The molecule has 1 saturated heterocycles. The van der Waals surface area contributed by atoms with Crippen LogP contribution in [0.3, 0.4) is 0 Å². The molecule has 2 heteroatoms. The van der Waals surface area contributed by atoms with E-state index < -0.39 is 0 Å². The maximum Gasteiger partial charge on any atom is 0.107 e. The van der Waals surface area contributed by atoms with Crippen molar-refractivity contribution in [2.24, 2.45) is 0 Å². The average molecular weight is 194 g/mol. The minimum absolute atomic E-state index is 0.385. The van der Waals surface area contributed by atoms with E-state index in [9.17, 15) is 0 Å². The fourth-order valence-corrected chi connectivity index (χ4v) is 2.52. The Morgan fingerprint density at radius 1 is 1.15 bits per heavy atom. The maximum atomic E-state index is 5.64. The molecular formula is C11H14OS. The zero-order valence-corrected chi connectivity index (χ0v) is 8.43. The molecule has 0 aromatic heterocycles. The van der Waals surface area contributed by atoms with E-state index in [1.54, 1.807) is 0 Å². The van der Waals surface area contributed by atoms with Crippen LogP contribution in [0.5, 0.6) is 0 Å². The lowest BCUT2D eigenvalue weighted by molar-refractivity contribution is 0.0728. The van der Waals surface area contributed by atoms with Gasteiger partial charge in [-0.15, -0.1) is 0 Å². The van der Waals surface area contributed by atoms with Gasteiger partial charge in [0.15, 0.2) is 0 Å². The van der Waals surface area contributed by atoms with E-state index in [2.05, 4.69) is 24.3 Å². The third-order valence-corrected chi connectivity index (χ3v) is 3.33. The molecule has 0 saturated carbocycles. The summed E-state index contributed by atoms with van der Waals surface area (Å²) in [6.07, 6.45) is 3.73. The first-order chi connectivity index (χ1) is 6.45. The van der Waals surface area contributed by atoms with Crippen molar-refractivity contribution in [3.8, 4) is 0 Å². The Morgan fingerprint density at radius 3 is 2.69 bits per heavy atom. The predicted molar refractivity (Wildman–Crippen MR) is 55.9 cm³/mol. The molecule has 0 bridgehead atoms. The fraction of sp³-hybridized carbons (Fsp3) is 0.455. The summed E-state index contributed by atoms with van der Waals surface area (Å²) in [6.45, 7) is 0.935. The summed E-state index contributed by atoms with van der Waals surface area (Å²) < 4.78 is 5.64. The zero-order chi connectivity index (χ0) is 8.93. The smallest absolute Gasteiger partial charge is 0.107 e. The molecule has 1 unspecified atom stereocenters. The number of ether oxygens (including phenoxy) is 1. The van der Waals surface area contributed by atoms with Gasteiger partial charge in [0, 0.05) is 11.5 Å². The standard InChI is InChI=1S/C11H14OS/c1-2-6-10(7-3-1)13-11-8-4-5-9-12-11/h1-3,6-7,11H,4-5,8-9H2. The van der Waals surface area contributed by atoms with Crippen LogP contribution in [0, 0.1) is 0 Å². The molecule has 1 fully saturated rings. The summed E-state index contributed by atoms with van der Waals surface area (Å²) in [5.74, 6) is 0. The zero-order valence-electron chi connectivity index (χ0n) is 7.61. The number of hydrogen-bond donors (Lipinski definition) is 0. The molecule has 1 aromatic carbocycles. The third-order valence-electron chi connectivity index (χ3n) is 2.15. The van der Waals surface area contributed by atoms with E-state index in [1.807, 2.05) is 17.8 Å². The van der Waals surface area contributed by atoms with E-state index in [1.165, 1.54) is 24.2 Å². The van der Waals surface area contributed by atoms with Crippen LogP contribution in [0.4, 0.5) is 0 Å². The molecule has 0 radical (unpaired) electrons. The Morgan fingerprint density at radius 2 is 2.00 bits per heavy atom. The first-order valence-corrected chi connectivity index (χ1v) is 5.66. The highest BCUT2D eigenvalue weighted by molar-refractivity contribution is 7.99. The molecule has 0 N–H and O–H groups in total. The molecule has 0 aliphatic carbocycles. The minimum atomic E-state index is 0.385. The second kappa shape index (κ2) is 4.68. The minimum Gasteiger partial charge on any atom is -0.367 e. The molecule has 1 aromatic rings. The second-order valence-electron chi connectivity index (χ2n) is 3.23. The predicted octanol–water partition coefficient (Wildman–Crippen LogP) is 3.31. The van der Waals surface area contributed by atoms with Gasteiger partial charge in [-0.25, -0.2) is 0 Å². The van der Waals surface area contributed by atoms with Crippen LogP contribution in [-0.2, 0) is 4.74 Å². The van der Waals surface area contributed by atoms with E-state index in [-0.39, 0.29) is 0 Å². The summed E-state index contributed by atoms with van der Waals surface area (Å²) in [7, 11) is 0. The van der Waals surface area contributed by atoms with Crippen molar-refractivity contribution in [3.63, 3.8) is 0 Å². The molecule has 70 valence electrons. The second-order valence-corrected chi connectivity index (χ2v) is 4.46. The van der Waals surface area contributed by atoms with Crippen LogP contribution in [-0.4, -0.2) is 12.0 Å². The molecule has 0 spiro atoms. The van der Waals surface area contributed by atoms with Crippen LogP contribution < -0.4 is 0 Å². The van der Waals surface area contributed by atoms with Gasteiger partial charge in [0.05, 0.1) is 0 Å². The van der Waals surface area contributed by atoms with Gasteiger partial charge in [0.2, 0.25) is 0 Å². The van der Waals surface area contributed by atoms with Crippen molar-refractivity contribution >= 4 is 11.8 Å². The van der Waals surface area contributed by atoms with Gasteiger partial charge >= 0.3 is 0 Å². The maximum absolute atomic E-state index is 5.64. The summed E-state index contributed by atoms with van der Waals surface area (Å²) in [5, 5.41) is 0. The highest BCUT2D eigenvalue weighted by Gasteiger charge is 2.14. The van der Waals surface area contributed by atoms with Gasteiger partial charge in [-0.3, -0.25) is 0 Å². The summed E-state index contributed by atoms with van der Waals surface area (Å²) in [4.78, 5) is 1.31. The largest absolute Gasteiger partial charge is 0.367 e. The van der Waals surface area contributed by atoms with Crippen molar-refractivity contribution < 1.29 is 4.74 Å². The molecule has 1 heterocycles. The normalized spacial score (nSPS) is 22.9. The molecule has 0 amide bonds. The van der Waals surface area contributed by atoms with Gasteiger partial charge in [-0.05, 0) is 31.4 Å². The van der Waals surface area contributed by atoms with Gasteiger partial charge in [0.1, 0.15) is 5.44 Å². The number of hydrogen-bond acceptors (Lipinski definition) is 2. The summed E-state index contributed by atoms with van der Waals surface area (Å²) in [5.41, 5.74) is 0.385. The third kappa shape index (κ3) is 2.75. The van der Waals surface area contributed by atoms with Gasteiger partial charge in [0.25, 0.3) is 0 Å². The number of thioether (sulfide) groups is 1. The first kappa shape index (κ1) is 9.10. The van der Waals surface area contributed by atoms with E-state index >= 15 is 0 Å². The summed E-state index contributed by atoms with van der Waals surface area (Å²) in [6, 6.07) is 10.5. The van der Waals surface area contributed by atoms with Crippen molar-refractivity contribution in [2.45, 2.75) is 29.6 Å². The van der Waals surface area contributed by atoms with E-state index in [0.717, 1.165) is 6.61 Å². The molecule has 2 rings (SSSR count). The van der Waals surface area contributed by atoms with Crippen molar-refractivity contribution in [1.29, 1.82) is 0 Å². The Kier molecular flexibility index (Phi) is 3.27. The van der Waals surface area contributed by atoms with Crippen molar-refractivity contribution in [1.82, 2.24) is 0 Å². The molecule has 1 nitrogen and oxygen atoms in total. The van der Waals surface area contributed by atoms with Crippen LogP contribution in [0.2, 0.25) is 0 Å². The van der Waals surface area contributed by atoms with Crippen molar-refractivity contribution in [3.05, 3.63) is 30.3 Å². The molecule has 1 aliphatic heterocycles. The van der Waals surface area contributed by atoms with Crippen molar-refractivity contribution in [2.75, 3.05) is 6.61 Å². The Bertz CT molecular complexity index is 242. The van der Waals surface area contributed by atoms with Gasteiger partial charge in [-0.1, -0.05) is 30.0 Å². The average Bonchev–Trinajstić information content (AvgIpc) is 2.21. The number of rotatable bonds is 2. The highest BCUT2D eigenvalue weighted by atomic mass is 32.2. The quantitative estimate of drug-likeness (QED) is 0.714. The lowest BCUT2D eigenvalue weighted by Crippen LogP contribution is -2.14. The van der Waals surface area contributed by atoms with Crippen LogP contribution in [0.25, 0.3) is 0 Å². The lowest BCUT2D eigenvalue weighted by Gasteiger charge is -2.21. The van der Waals surface area contributed by atoms with E-state index in [0.29, 0.717) is 5.44 Å². The highest BCUT2D eigenvalue weighted by Crippen LogP contribution is 2.29. The monoisotopic (exact) mass is 194 g/mol. The Labute approximate surface area is 83.5 Å². The van der Waals surface area contributed by atoms with Gasteiger partial charge < -0.3 is 4.74 Å². The van der Waals surface area contributed by atoms with E-state index in [4.69, 9.17) is 4.74 Å². The Balaban J connectivity index is 1.90.